The Morgan fingerprint density at radius 2 is 1.67 bits per heavy atom. The molecule has 56 valence electrons. The number of hydrogen-bond acceptors (Lipinski definition) is 2. The summed E-state index contributed by atoms with van der Waals surface area (Å²) >= 11 is 0. The van der Waals surface area contributed by atoms with E-state index in [1.165, 1.54) is 24.3 Å². The van der Waals surface area contributed by atoms with E-state index >= 15 is 0 Å². The number of benzene rings is 1. The van der Waals surface area contributed by atoms with E-state index in [2.05, 4.69) is 0 Å². The van der Waals surface area contributed by atoms with E-state index < -0.39 is 5.97 Å². The van der Waals surface area contributed by atoms with Crippen LogP contribution >= 0.6 is 0 Å². The summed E-state index contributed by atoms with van der Waals surface area (Å²) in [6.45, 7) is 0. The van der Waals surface area contributed by atoms with Gasteiger partial charge in [0.15, 0.2) is 0 Å². The molecule has 0 aliphatic rings. The summed E-state index contributed by atoms with van der Waals surface area (Å²) in [5.41, 5.74) is 0.179. The van der Waals surface area contributed by atoms with Crippen LogP contribution in [0.4, 0.5) is 0 Å². The Bertz CT molecular complexity index is 252. The van der Waals surface area contributed by atoms with Crippen LogP contribution in [0.25, 0.3) is 0 Å². The molecule has 0 bridgehead atoms. The molecule has 0 saturated carbocycles. The average molecular weight is 363 g/mol. The van der Waals surface area contributed by atoms with Gasteiger partial charge in [0, 0.05) is 27.7 Å². The third-order valence-corrected chi connectivity index (χ3v) is 1.11. The van der Waals surface area contributed by atoms with Crippen LogP contribution in [-0.2, 0) is 27.7 Å². The first kappa shape index (κ1) is 14.9. The van der Waals surface area contributed by atoms with E-state index in [1.807, 2.05) is 0 Å². The van der Waals surface area contributed by atoms with Gasteiger partial charge in [-0.15, -0.1) is 0 Å². The van der Waals surface area contributed by atoms with E-state index in [0.29, 0.717) is 0 Å². The van der Waals surface area contributed by atoms with Crippen LogP contribution in [0.3, 0.4) is 0 Å². The number of rotatable bonds is 1. The summed E-state index contributed by atoms with van der Waals surface area (Å²) < 4.78 is 0. The largest absolute Gasteiger partial charge is 1.00 e. The Balaban J connectivity index is -0.000000333. The molecule has 1 rings (SSSR count). The molecule has 1 aromatic carbocycles. The minimum absolute atomic E-state index is 0. The molecule has 0 unspecified atom stereocenters. The molecule has 0 aliphatic carbocycles. The minimum atomic E-state index is -0.986. The van der Waals surface area contributed by atoms with Crippen LogP contribution in [0.1, 0.15) is 11.8 Å². The molecule has 0 aliphatic heterocycles. The van der Waals surface area contributed by atoms with Gasteiger partial charge in [0.05, 0.1) is 5.56 Å². The maximum absolute atomic E-state index is 10.2. The van der Waals surface area contributed by atoms with Crippen LogP contribution in [-0.4, -0.2) is 16.2 Å². The second-order valence-corrected chi connectivity index (χ2v) is 1.85. The standard InChI is InChI=1S/C7H6O3.Hg.Na.H/c8-6-3-1-5(2-4-6)7(9)10;;;/h1-4,8H,(H,9,10);;;/q;;+1;-1. The minimum Gasteiger partial charge on any atom is -1.00 e. The Morgan fingerprint density at radius 3 is 2.00 bits per heavy atom. The smallest absolute Gasteiger partial charge is 1.00 e. The fourth-order valence-corrected chi connectivity index (χ4v) is 0.604. The molecule has 0 amide bonds. The first-order valence-corrected chi connectivity index (χ1v) is 2.72. The third-order valence-electron chi connectivity index (χ3n) is 1.11. The number of hydrogen-bond donors (Lipinski definition) is 2. The van der Waals surface area contributed by atoms with Crippen LogP contribution in [0.15, 0.2) is 24.3 Å². The van der Waals surface area contributed by atoms with Crippen LogP contribution in [0.2, 0.25) is 0 Å². The van der Waals surface area contributed by atoms with Crippen molar-refractivity contribution in [3.63, 3.8) is 0 Å². The van der Waals surface area contributed by atoms with Crippen molar-refractivity contribution >= 4 is 5.97 Å². The van der Waals surface area contributed by atoms with Crippen molar-refractivity contribution in [3.05, 3.63) is 29.8 Å². The summed E-state index contributed by atoms with van der Waals surface area (Å²) in [5.74, 6) is -0.912. The summed E-state index contributed by atoms with van der Waals surface area (Å²) in [5, 5.41) is 17.1. The Hall–Kier alpha value is 0.425. The number of carboxylic acids is 1. The van der Waals surface area contributed by atoms with Gasteiger partial charge in [-0.25, -0.2) is 4.79 Å². The van der Waals surface area contributed by atoms with Gasteiger partial charge < -0.3 is 11.6 Å². The summed E-state index contributed by atoms with van der Waals surface area (Å²) in [4.78, 5) is 10.2. The molecule has 0 atom stereocenters. The van der Waals surface area contributed by atoms with E-state index in [0.717, 1.165) is 0 Å². The molecule has 0 radical (unpaired) electrons. The number of aromatic carboxylic acids is 1. The van der Waals surface area contributed by atoms with Gasteiger partial charge >= 0.3 is 35.5 Å². The van der Waals surface area contributed by atoms with Crippen molar-refractivity contribution in [1.29, 1.82) is 0 Å². The second-order valence-electron chi connectivity index (χ2n) is 1.85. The zero-order chi connectivity index (χ0) is 7.56. The van der Waals surface area contributed by atoms with E-state index in [4.69, 9.17) is 10.2 Å². The number of aromatic hydroxyl groups is 1. The molecule has 2 N–H and O–H groups in total. The third kappa shape index (κ3) is 4.45. The maximum atomic E-state index is 10.2. The van der Waals surface area contributed by atoms with Crippen LogP contribution in [0, 0.1) is 0 Å². The predicted octanol–water partition coefficient (Wildman–Crippen LogP) is -1.80. The van der Waals surface area contributed by atoms with Crippen molar-refractivity contribution in [2.75, 3.05) is 0 Å². The Morgan fingerprint density at radius 1 is 1.25 bits per heavy atom. The fraction of sp³-hybridized carbons (Fsp3) is 0. The maximum Gasteiger partial charge on any atom is 1.00 e. The molecule has 3 nitrogen and oxygen atoms in total. The van der Waals surface area contributed by atoms with Gasteiger partial charge in [0.25, 0.3) is 0 Å². The molecule has 1 aromatic rings. The molecule has 0 spiro atoms. The zero-order valence-corrected chi connectivity index (χ0v) is 14.3. The zero-order valence-electron chi connectivity index (χ0n) is 7.82. The first-order valence-electron chi connectivity index (χ1n) is 2.72. The normalized spacial score (nSPS) is 7.67. The summed E-state index contributed by atoms with van der Waals surface area (Å²) in [6, 6.07) is 5.36. The number of phenolic OH excluding ortho intramolecular Hbond substituents is 1. The molecular weight excluding hydrogens is 356 g/mol. The quantitative estimate of drug-likeness (QED) is 0.580. The Labute approximate surface area is 114 Å². The fourth-order valence-electron chi connectivity index (χ4n) is 0.604. The molecule has 0 fully saturated rings. The second kappa shape index (κ2) is 6.89. The number of carboxylic acid groups (broad SMARTS) is 1. The van der Waals surface area contributed by atoms with Crippen molar-refractivity contribution in [1.82, 2.24) is 0 Å². The predicted molar refractivity (Wildman–Crippen MR) is 36.2 cm³/mol. The SMILES string of the molecule is O=C(O)c1ccc(O)cc1.[H-].[Hg].[Na+]. The van der Waals surface area contributed by atoms with Crippen molar-refractivity contribution in [2.45, 2.75) is 0 Å². The van der Waals surface area contributed by atoms with E-state index in [-0.39, 0.29) is 70.0 Å². The monoisotopic (exact) mass is 364 g/mol. The van der Waals surface area contributed by atoms with Crippen molar-refractivity contribution < 1.29 is 73.7 Å². The van der Waals surface area contributed by atoms with Crippen molar-refractivity contribution in [3.8, 4) is 5.75 Å². The first-order chi connectivity index (χ1) is 4.70. The van der Waals surface area contributed by atoms with Crippen LogP contribution in [0.5, 0.6) is 5.75 Å². The molecular formula is C7H7HgNaO3. The Kier molecular flexibility index (Phi) is 8.57. The van der Waals surface area contributed by atoms with E-state index in [1.54, 1.807) is 0 Å². The van der Waals surface area contributed by atoms with Crippen molar-refractivity contribution in [2.24, 2.45) is 0 Å². The van der Waals surface area contributed by atoms with Gasteiger partial charge in [0.2, 0.25) is 0 Å². The molecule has 0 aromatic heterocycles. The number of carbonyl (C=O) groups is 1. The van der Waals surface area contributed by atoms with Gasteiger partial charge in [-0.3, -0.25) is 0 Å². The van der Waals surface area contributed by atoms with Gasteiger partial charge in [-0.05, 0) is 24.3 Å². The van der Waals surface area contributed by atoms with Gasteiger partial charge in [0.1, 0.15) is 5.75 Å². The summed E-state index contributed by atoms with van der Waals surface area (Å²) in [7, 11) is 0. The van der Waals surface area contributed by atoms with E-state index in [9.17, 15) is 4.79 Å². The van der Waals surface area contributed by atoms with Crippen LogP contribution < -0.4 is 29.6 Å². The number of phenols is 1. The topological polar surface area (TPSA) is 57.5 Å². The average Bonchev–Trinajstić information content (AvgIpc) is 1.88. The molecule has 5 heteroatoms. The molecule has 0 heterocycles. The molecule has 0 saturated heterocycles. The molecule has 12 heavy (non-hydrogen) atoms. The van der Waals surface area contributed by atoms with Gasteiger partial charge in [-0.2, -0.15) is 0 Å². The summed E-state index contributed by atoms with van der Waals surface area (Å²) in [6.07, 6.45) is 0. The van der Waals surface area contributed by atoms with Gasteiger partial charge in [-0.1, -0.05) is 0 Å².